The Labute approximate surface area is 104 Å². The Bertz CT molecular complexity index is 519. The van der Waals surface area contributed by atoms with Crippen LogP contribution < -0.4 is 11.1 Å². The van der Waals surface area contributed by atoms with E-state index >= 15 is 0 Å². The van der Waals surface area contributed by atoms with Gasteiger partial charge in [-0.2, -0.15) is 8.78 Å². The fourth-order valence-corrected chi connectivity index (χ4v) is 1.16. The molecule has 1 aromatic carbocycles. The fraction of sp³-hybridized carbons (Fsp3) is 0.200. The number of benzene rings is 1. The highest BCUT2D eigenvalue weighted by atomic mass is 19.3. The number of amides is 1. The van der Waals surface area contributed by atoms with Gasteiger partial charge in [0.1, 0.15) is 0 Å². The summed E-state index contributed by atoms with van der Waals surface area (Å²) in [6.45, 7) is 0. The topological polar surface area (TPSA) is 92.4 Å². The van der Waals surface area contributed by atoms with Gasteiger partial charge in [-0.1, -0.05) is 0 Å². The van der Waals surface area contributed by atoms with Crippen molar-refractivity contribution in [1.82, 2.24) is 0 Å². The number of carboxylic acid groups (broad SMARTS) is 1. The zero-order valence-electron chi connectivity index (χ0n) is 9.16. The van der Waals surface area contributed by atoms with Gasteiger partial charge in [0.25, 0.3) is 0 Å². The maximum Gasteiger partial charge on any atom is 0.383 e. The van der Waals surface area contributed by atoms with Gasteiger partial charge in [-0.15, -0.1) is 0 Å². The summed E-state index contributed by atoms with van der Waals surface area (Å²) in [6, 6.07) is 2.99. The van der Waals surface area contributed by atoms with Crippen LogP contribution in [-0.2, 0) is 4.79 Å². The van der Waals surface area contributed by atoms with Crippen molar-refractivity contribution in [3.8, 4) is 0 Å². The van der Waals surface area contributed by atoms with Crippen molar-refractivity contribution >= 4 is 23.3 Å². The Morgan fingerprint density at radius 3 is 2.37 bits per heavy atom. The van der Waals surface area contributed by atoms with Crippen molar-refractivity contribution in [2.45, 2.75) is 12.3 Å². The molecule has 4 N–H and O–H groups in total. The highest BCUT2D eigenvalue weighted by Gasteiger charge is 2.49. The normalized spacial score (nSPS) is 11.4. The number of halogens is 4. The highest BCUT2D eigenvalue weighted by molar-refractivity contribution is 6.03. The molecule has 0 aromatic heterocycles. The Morgan fingerprint density at radius 1 is 1.32 bits per heavy atom. The molecule has 0 fully saturated rings. The summed E-state index contributed by atoms with van der Waals surface area (Å²) in [5.74, 6) is -8.77. The first kappa shape index (κ1) is 14.7. The summed E-state index contributed by atoms with van der Waals surface area (Å²) < 4.78 is 49.3. The van der Waals surface area contributed by atoms with Crippen LogP contribution in [0, 0.1) is 0 Å². The third-order valence-electron chi connectivity index (χ3n) is 2.10. The first-order valence-corrected chi connectivity index (χ1v) is 4.76. The molecule has 0 aliphatic rings. The second-order valence-corrected chi connectivity index (χ2v) is 3.49. The van der Waals surface area contributed by atoms with Crippen molar-refractivity contribution < 1.29 is 32.3 Å². The lowest BCUT2D eigenvalue weighted by Crippen LogP contribution is -2.41. The van der Waals surface area contributed by atoms with Gasteiger partial charge in [0.15, 0.2) is 0 Å². The summed E-state index contributed by atoms with van der Waals surface area (Å²) in [5, 5.41) is 10.2. The maximum atomic E-state index is 12.7. The van der Waals surface area contributed by atoms with E-state index in [1.165, 1.54) is 5.32 Å². The van der Waals surface area contributed by atoms with Crippen LogP contribution in [0.15, 0.2) is 18.2 Å². The van der Waals surface area contributed by atoms with Gasteiger partial charge in [-0.3, -0.25) is 4.79 Å². The van der Waals surface area contributed by atoms with E-state index in [0.717, 1.165) is 18.2 Å². The third-order valence-corrected chi connectivity index (χ3v) is 2.10. The van der Waals surface area contributed by atoms with Crippen LogP contribution in [0.4, 0.5) is 28.9 Å². The first-order chi connectivity index (χ1) is 8.66. The Kier molecular flexibility index (Phi) is 3.98. The molecule has 1 aromatic rings. The summed E-state index contributed by atoms with van der Waals surface area (Å²) in [5.41, 5.74) is 4.13. The van der Waals surface area contributed by atoms with E-state index < -0.39 is 35.5 Å². The van der Waals surface area contributed by atoms with Gasteiger partial charge in [0.05, 0.1) is 11.3 Å². The fourth-order valence-electron chi connectivity index (χ4n) is 1.16. The van der Waals surface area contributed by atoms with Crippen molar-refractivity contribution in [2.24, 2.45) is 0 Å². The molecule has 5 nitrogen and oxygen atoms in total. The molecule has 9 heteroatoms. The molecule has 0 atom stereocenters. The van der Waals surface area contributed by atoms with Crippen molar-refractivity contribution in [3.63, 3.8) is 0 Å². The summed E-state index contributed by atoms with van der Waals surface area (Å²) >= 11 is 0. The van der Waals surface area contributed by atoms with Crippen LogP contribution in [0.2, 0.25) is 0 Å². The molecule has 0 radical (unpaired) electrons. The van der Waals surface area contributed by atoms with Gasteiger partial charge < -0.3 is 16.2 Å². The number of nitrogens with one attached hydrogen (secondary N) is 1. The van der Waals surface area contributed by atoms with Crippen LogP contribution in [0.3, 0.4) is 0 Å². The van der Waals surface area contributed by atoms with Gasteiger partial charge in [-0.05, 0) is 18.2 Å². The van der Waals surface area contributed by atoms with Crippen LogP contribution in [-0.4, -0.2) is 29.3 Å². The van der Waals surface area contributed by atoms with E-state index in [2.05, 4.69) is 0 Å². The maximum absolute atomic E-state index is 12.7. The van der Waals surface area contributed by atoms with E-state index in [9.17, 15) is 27.2 Å². The van der Waals surface area contributed by atoms with E-state index in [-0.39, 0.29) is 5.69 Å². The monoisotopic (exact) mass is 280 g/mol. The van der Waals surface area contributed by atoms with Crippen LogP contribution in [0.5, 0.6) is 0 Å². The minimum atomic E-state index is -4.93. The summed E-state index contributed by atoms with van der Waals surface area (Å²) in [6.07, 6.45) is -4.21. The second-order valence-electron chi connectivity index (χ2n) is 3.49. The lowest BCUT2D eigenvalue weighted by Gasteiger charge is -2.16. The van der Waals surface area contributed by atoms with E-state index in [0.29, 0.717) is 0 Å². The average Bonchev–Trinajstić information content (AvgIpc) is 2.28. The largest absolute Gasteiger partial charge is 0.478 e. The molecule has 0 bridgehead atoms. The lowest BCUT2D eigenvalue weighted by atomic mass is 10.1. The second kappa shape index (κ2) is 5.12. The zero-order chi connectivity index (χ0) is 14.8. The van der Waals surface area contributed by atoms with E-state index in [1.54, 1.807) is 0 Å². The van der Waals surface area contributed by atoms with Crippen molar-refractivity contribution in [3.05, 3.63) is 23.8 Å². The lowest BCUT2D eigenvalue weighted by molar-refractivity contribution is -0.163. The molecular weight excluding hydrogens is 272 g/mol. The van der Waals surface area contributed by atoms with Crippen molar-refractivity contribution in [2.75, 3.05) is 11.1 Å². The van der Waals surface area contributed by atoms with E-state index in [1.807, 2.05) is 0 Å². The molecule has 19 heavy (non-hydrogen) atoms. The number of carboxylic acids is 1. The summed E-state index contributed by atoms with van der Waals surface area (Å²) in [7, 11) is 0. The van der Waals surface area contributed by atoms with Crippen LogP contribution in [0.1, 0.15) is 10.4 Å². The number of aromatic carboxylic acids is 1. The van der Waals surface area contributed by atoms with E-state index in [4.69, 9.17) is 10.8 Å². The number of rotatable bonds is 4. The van der Waals surface area contributed by atoms with Crippen LogP contribution >= 0.6 is 0 Å². The number of nitrogen functional groups attached to an aromatic ring is 1. The molecule has 0 aliphatic carbocycles. The quantitative estimate of drug-likeness (QED) is 0.579. The predicted octanol–water partition coefficient (Wildman–Crippen LogP) is 1.81. The molecule has 1 amide bonds. The average molecular weight is 280 g/mol. The molecule has 0 saturated heterocycles. The van der Waals surface area contributed by atoms with Gasteiger partial charge >= 0.3 is 24.2 Å². The van der Waals surface area contributed by atoms with Gasteiger partial charge in [0, 0.05) is 5.69 Å². The zero-order valence-corrected chi connectivity index (χ0v) is 9.16. The number of nitrogens with two attached hydrogens (primary N) is 1. The number of carbonyl (C=O) groups excluding carboxylic acids is 1. The number of hydrogen-bond acceptors (Lipinski definition) is 3. The van der Waals surface area contributed by atoms with Crippen molar-refractivity contribution in [1.29, 1.82) is 0 Å². The standard InChI is InChI=1S/C10H8F4N2O3/c11-8(12)10(13,14)9(19)16-6-3-4(15)1-2-5(6)7(17)18/h1-3,8H,15H2,(H,16,19)(H,17,18). The molecule has 104 valence electrons. The highest BCUT2D eigenvalue weighted by Crippen LogP contribution is 2.26. The third kappa shape index (κ3) is 3.12. The van der Waals surface area contributed by atoms with Gasteiger partial charge in [-0.25, -0.2) is 13.6 Å². The van der Waals surface area contributed by atoms with Crippen LogP contribution in [0.25, 0.3) is 0 Å². The molecule has 0 aliphatic heterocycles. The van der Waals surface area contributed by atoms with Gasteiger partial charge in [0.2, 0.25) is 0 Å². The number of anilines is 2. The minimum absolute atomic E-state index is 0.0272. The number of carbonyl (C=O) groups is 2. The number of hydrogen-bond donors (Lipinski definition) is 3. The Hall–Kier alpha value is -2.32. The Morgan fingerprint density at radius 2 is 1.89 bits per heavy atom. The minimum Gasteiger partial charge on any atom is -0.478 e. The molecule has 1 rings (SSSR count). The first-order valence-electron chi connectivity index (χ1n) is 4.76. The number of alkyl halides is 4. The molecular formula is C10H8F4N2O3. The molecule has 0 unspecified atom stereocenters. The molecule has 0 saturated carbocycles. The SMILES string of the molecule is Nc1ccc(C(=O)O)c(NC(=O)C(F)(F)C(F)F)c1. The Balaban J connectivity index is 3.09. The molecule has 0 heterocycles. The smallest absolute Gasteiger partial charge is 0.383 e. The molecule has 0 spiro atoms. The summed E-state index contributed by atoms with van der Waals surface area (Å²) in [4.78, 5) is 21.8. The predicted molar refractivity (Wildman–Crippen MR) is 57.4 cm³/mol.